The Balaban J connectivity index is 1.75. The fourth-order valence-electron chi connectivity index (χ4n) is 2.66. The predicted molar refractivity (Wildman–Crippen MR) is 87.8 cm³/mol. The molecule has 0 fully saturated rings. The average molecular weight is 306 g/mol. The van der Waals surface area contributed by atoms with Crippen molar-refractivity contribution in [3.8, 4) is 5.75 Å². The number of imidazole rings is 1. The van der Waals surface area contributed by atoms with Crippen molar-refractivity contribution in [2.24, 2.45) is 0 Å². The molecule has 0 unspecified atom stereocenters. The van der Waals surface area contributed by atoms with Gasteiger partial charge in [0.2, 0.25) is 0 Å². The first-order chi connectivity index (χ1) is 11.2. The van der Waals surface area contributed by atoms with Gasteiger partial charge in [0.25, 0.3) is 5.56 Å². The van der Waals surface area contributed by atoms with Crippen LogP contribution in [0.25, 0.3) is 21.9 Å². The molecular weight excluding hydrogens is 292 g/mol. The van der Waals surface area contributed by atoms with Crippen LogP contribution in [0.3, 0.4) is 0 Å². The zero-order valence-corrected chi connectivity index (χ0v) is 12.5. The lowest BCUT2D eigenvalue weighted by molar-refractivity contribution is 0.415. The van der Waals surface area contributed by atoms with Crippen molar-refractivity contribution in [1.29, 1.82) is 0 Å². The smallest absolute Gasteiger partial charge is 0.258 e. The maximum absolute atomic E-state index is 12.3. The van der Waals surface area contributed by atoms with Crippen molar-refractivity contribution < 1.29 is 4.74 Å². The second-order valence-corrected chi connectivity index (χ2v) is 5.33. The Labute approximate surface area is 131 Å². The van der Waals surface area contributed by atoms with Crippen LogP contribution in [0.4, 0.5) is 0 Å². The van der Waals surface area contributed by atoms with E-state index in [0.717, 1.165) is 16.6 Å². The maximum atomic E-state index is 12.3. The second kappa shape index (κ2) is 5.24. The topological polar surface area (TPSA) is 83.7 Å². The van der Waals surface area contributed by atoms with Crippen molar-refractivity contribution in [2.75, 3.05) is 7.11 Å². The SMILES string of the molecule is COc1ccc2nc(Cc3ccc4nc[nH]c4c3)[nH]c(=O)c2c1. The van der Waals surface area contributed by atoms with Crippen LogP contribution in [0, 0.1) is 0 Å². The summed E-state index contributed by atoms with van der Waals surface area (Å²) < 4.78 is 5.15. The fourth-order valence-corrected chi connectivity index (χ4v) is 2.66. The highest BCUT2D eigenvalue weighted by atomic mass is 16.5. The van der Waals surface area contributed by atoms with Crippen molar-refractivity contribution in [1.82, 2.24) is 19.9 Å². The number of nitrogens with zero attached hydrogens (tertiary/aromatic N) is 2. The molecule has 0 spiro atoms. The molecule has 0 amide bonds. The summed E-state index contributed by atoms with van der Waals surface area (Å²) in [6.07, 6.45) is 2.21. The molecule has 0 atom stereocenters. The van der Waals surface area contributed by atoms with Crippen LogP contribution >= 0.6 is 0 Å². The van der Waals surface area contributed by atoms with Crippen LogP contribution in [0.1, 0.15) is 11.4 Å². The van der Waals surface area contributed by atoms with E-state index in [0.29, 0.717) is 28.9 Å². The molecule has 2 aromatic heterocycles. The zero-order valence-electron chi connectivity index (χ0n) is 12.5. The molecule has 0 aliphatic carbocycles. The summed E-state index contributed by atoms with van der Waals surface area (Å²) >= 11 is 0. The Bertz CT molecular complexity index is 1070. The number of methoxy groups -OCH3 is 1. The molecule has 2 aromatic carbocycles. The van der Waals surface area contributed by atoms with E-state index in [1.807, 2.05) is 18.2 Å². The molecule has 4 rings (SSSR count). The Morgan fingerprint density at radius 3 is 2.87 bits per heavy atom. The van der Waals surface area contributed by atoms with Gasteiger partial charge in [-0.05, 0) is 35.9 Å². The highest BCUT2D eigenvalue weighted by Gasteiger charge is 2.07. The second-order valence-electron chi connectivity index (χ2n) is 5.33. The molecule has 2 N–H and O–H groups in total. The number of fused-ring (bicyclic) bond motifs is 2. The monoisotopic (exact) mass is 306 g/mol. The van der Waals surface area contributed by atoms with Crippen LogP contribution in [0.5, 0.6) is 5.75 Å². The van der Waals surface area contributed by atoms with E-state index < -0.39 is 0 Å². The molecule has 2 heterocycles. The quantitative estimate of drug-likeness (QED) is 0.609. The lowest BCUT2D eigenvalue weighted by Crippen LogP contribution is -2.12. The lowest BCUT2D eigenvalue weighted by Gasteiger charge is -2.05. The fraction of sp³-hybridized carbons (Fsp3) is 0.118. The van der Waals surface area contributed by atoms with Gasteiger partial charge in [-0.3, -0.25) is 4.79 Å². The van der Waals surface area contributed by atoms with Crippen LogP contribution < -0.4 is 10.3 Å². The number of hydrogen-bond acceptors (Lipinski definition) is 4. The number of rotatable bonds is 3. The number of ether oxygens (including phenoxy) is 1. The van der Waals surface area contributed by atoms with Crippen LogP contribution in [-0.4, -0.2) is 27.0 Å². The van der Waals surface area contributed by atoms with E-state index in [4.69, 9.17) is 4.74 Å². The first-order valence-corrected chi connectivity index (χ1v) is 7.22. The minimum Gasteiger partial charge on any atom is -0.497 e. The minimum atomic E-state index is -0.161. The summed E-state index contributed by atoms with van der Waals surface area (Å²) in [5.74, 6) is 1.27. The standard InChI is InChI=1S/C17H14N4O2/c1-23-11-3-5-13-12(8-11)17(22)21-16(20-13)7-10-2-4-14-15(6-10)19-9-18-14/h2-6,8-9H,7H2,1H3,(H,18,19)(H,20,21,22). The van der Waals surface area contributed by atoms with E-state index in [9.17, 15) is 4.79 Å². The zero-order chi connectivity index (χ0) is 15.8. The van der Waals surface area contributed by atoms with Gasteiger partial charge >= 0.3 is 0 Å². The number of aromatic nitrogens is 4. The number of benzene rings is 2. The van der Waals surface area contributed by atoms with Crippen LogP contribution in [0.15, 0.2) is 47.5 Å². The molecule has 0 radical (unpaired) electrons. The Kier molecular flexibility index (Phi) is 3.08. The van der Waals surface area contributed by atoms with Crippen molar-refractivity contribution in [3.63, 3.8) is 0 Å². The highest BCUT2D eigenvalue weighted by Crippen LogP contribution is 2.17. The van der Waals surface area contributed by atoms with E-state index >= 15 is 0 Å². The molecule has 0 bridgehead atoms. The van der Waals surface area contributed by atoms with Gasteiger partial charge in [-0.2, -0.15) is 0 Å². The molecule has 23 heavy (non-hydrogen) atoms. The third-order valence-corrected chi connectivity index (χ3v) is 3.82. The molecular formula is C17H14N4O2. The molecule has 0 aliphatic rings. The first kappa shape index (κ1) is 13.5. The number of H-pyrrole nitrogens is 2. The molecule has 6 nitrogen and oxygen atoms in total. The Morgan fingerprint density at radius 2 is 2.00 bits per heavy atom. The van der Waals surface area contributed by atoms with Crippen LogP contribution in [0.2, 0.25) is 0 Å². The molecule has 0 aliphatic heterocycles. The summed E-state index contributed by atoms with van der Waals surface area (Å²) in [6.45, 7) is 0. The summed E-state index contributed by atoms with van der Waals surface area (Å²) in [4.78, 5) is 26.9. The van der Waals surface area contributed by atoms with Gasteiger partial charge in [0.15, 0.2) is 0 Å². The van der Waals surface area contributed by atoms with Gasteiger partial charge in [0.05, 0.1) is 35.4 Å². The van der Waals surface area contributed by atoms with Gasteiger partial charge in [-0.15, -0.1) is 0 Å². The summed E-state index contributed by atoms with van der Waals surface area (Å²) in [5.41, 5.74) is 3.44. The lowest BCUT2D eigenvalue weighted by atomic mass is 10.1. The average Bonchev–Trinajstić information content (AvgIpc) is 3.02. The predicted octanol–water partition coefficient (Wildman–Crippen LogP) is 2.40. The van der Waals surface area contributed by atoms with Gasteiger partial charge in [-0.1, -0.05) is 6.07 Å². The normalized spacial score (nSPS) is 11.2. The van der Waals surface area contributed by atoms with Crippen molar-refractivity contribution in [2.45, 2.75) is 6.42 Å². The molecule has 4 aromatic rings. The van der Waals surface area contributed by atoms with Gasteiger partial charge in [0.1, 0.15) is 11.6 Å². The summed E-state index contributed by atoms with van der Waals surface area (Å²) in [6, 6.07) is 11.2. The molecule has 6 heteroatoms. The van der Waals surface area contributed by atoms with Crippen LogP contribution in [-0.2, 0) is 6.42 Å². The van der Waals surface area contributed by atoms with E-state index in [2.05, 4.69) is 19.9 Å². The maximum Gasteiger partial charge on any atom is 0.258 e. The highest BCUT2D eigenvalue weighted by molar-refractivity contribution is 5.79. The Morgan fingerprint density at radius 1 is 1.13 bits per heavy atom. The Hall–Kier alpha value is -3.15. The third kappa shape index (κ3) is 2.44. The van der Waals surface area contributed by atoms with Gasteiger partial charge in [0, 0.05) is 6.42 Å². The third-order valence-electron chi connectivity index (χ3n) is 3.82. The summed E-state index contributed by atoms with van der Waals surface area (Å²) in [5, 5.41) is 0.525. The number of aromatic amines is 2. The van der Waals surface area contributed by atoms with Gasteiger partial charge in [-0.25, -0.2) is 9.97 Å². The van der Waals surface area contributed by atoms with Crippen molar-refractivity contribution >= 4 is 21.9 Å². The van der Waals surface area contributed by atoms with E-state index in [1.165, 1.54) is 0 Å². The summed E-state index contributed by atoms with van der Waals surface area (Å²) in [7, 11) is 1.57. The largest absolute Gasteiger partial charge is 0.497 e. The van der Waals surface area contributed by atoms with E-state index in [1.54, 1.807) is 31.6 Å². The minimum absolute atomic E-state index is 0.161. The first-order valence-electron chi connectivity index (χ1n) is 7.22. The number of nitrogens with one attached hydrogen (secondary N) is 2. The van der Waals surface area contributed by atoms with Gasteiger partial charge < -0.3 is 14.7 Å². The molecule has 0 saturated carbocycles. The van der Waals surface area contributed by atoms with E-state index in [-0.39, 0.29) is 5.56 Å². The number of hydrogen-bond donors (Lipinski definition) is 2. The molecule has 114 valence electrons. The van der Waals surface area contributed by atoms with Crippen molar-refractivity contribution in [3.05, 3.63) is 64.5 Å². The molecule has 0 saturated heterocycles.